The number of halogens is 1. The molecule has 0 saturated heterocycles. The predicted octanol–water partition coefficient (Wildman–Crippen LogP) is 3.20. The Kier molecular flexibility index (Phi) is 4.78. The third-order valence-corrected chi connectivity index (χ3v) is 3.07. The lowest BCUT2D eigenvalue weighted by Crippen LogP contribution is -2.31. The average molecular weight is 218 g/mol. The smallest absolute Gasteiger partial charge is 0.0351 e. The van der Waals surface area contributed by atoms with Crippen molar-refractivity contribution in [3.8, 4) is 0 Å². The number of nitrogens with zero attached hydrogens (tertiary/aromatic N) is 1. The van der Waals surface area contributed by atoms with Gasteiger partial charge in [0, 0.05) is 29.9 Å². The highest BCUT2D eigenvalue weighted by atomic mass is 35.5. The largest absolute Gasteiger partial charge is 0.295 e. The summed E-state index contributed by atoms with van der Waals surface area (Å²) in [4.78, 5) is 3.80. The van der Waals surface area contributed by atoms with Gasteiger partial charge in [-0.25, -0.2) is 0 Å². The minimum Gasteiger partial charge on any atom is -0.295 e. The zero-order valence-electron chi connectivity index (χ0n) is 8.16. The van der Waals surface area contributed by atoms with Gasteiger partial charge in [-0.3, -0.25) is 4.90 Å². The van der Waals surface area contributed by atoms with Crippen molar-refractivity contribution in [1.82, 2.24) is 4.90 Å². The van der Waals surface area contributed by atoms with Crippen LogP contribution >= 0.6 is 22.9 Å². The fourth-order valence-corrected chi connectivity index (χ4v) is 2.18. The van der Waals surface area contributed by atoms with E-state index in [1.165, 1.54) is 4.88 Å². The van der Waals surface area contributed by atoms with Crippen LogP contribution in [0.4, 0.5) is 0 Å². The third-order valence-electron chi connectivity index (χ3n) is 2.04. The summed E-state index contributed by atoms with van der Waals surface area (Å²) in [5.41, 5.74) is 0. The molecule has 0 unspecified atom stereocenters. The van der Waals surface area contributed by atoms with E-state index in [9.17, 15) is 0 Å². The molecule has 1 aromatic heterocycles. The molecular weight excluding hydrogens is 202 g/mol. The Balaban J connectivity index is 2.47. The first kappa shape index (κ1) is 11.0. The van der Waals surface area contributed by atoms with Crippen molar-refractivity contribution < 1.29 is 0 Å². The molecule has 0 aliphatic heterocycles. The van der Waals surface area contributed by atoms with Crippen LogP contribution in [0.1, 0.15) is 18.7 Å². The van der Waals surface area contributed by atoms with E-state index in [-0.39, 0.29) is 0 Å². The maximum atomic E-state index is 5.74. The molecule has 1 heterocycles. The topological polar surface area (TPSA) is 3.24 Å². The SMILES string of the molecule is CC(C)N(CCCl)Cc1cccs1. The molecular formula is C10H16ClNS. The molecule has 1 nitrogen and oxygen atoms in total. The first-order valence-corrected chi connectivity index (χ1v) is 5.98. The van der Waals surface area contributed by atoms with E-state index in [2.05, 4.69) is 36.3 Å². The minimum atomic E-state index is 0.570. The van der Waals surface area contributed by atoms with Gasteiger partial charge in [-0.1, -0.05) is 6.07 Å². The maximum Gasteiger partial charge on any atom is 0.0351 e. The van der Waals surface area contributed by atoms with Crippen molar-refractivity contribution in [2.75, 3.05) is 12.4 Å². The van der Waals surface area contributed by atoms with Crippen LogP contribution in [0.3, 0.4) is 0 Å². The van der Waals surface area contributed by atoms with Gasteiger partial charge in [0.25, 0.3) is 0 Å². The quantitative estimate of drug-likeness (QED) is 0.685. The summed E-state index contributed by atoms with van der Waals surface area (Å²) < 4.78 is 0. The lowest BCUT2D eigenvalue weighted by atomic mass is 10.3. The third kappa shape index (κ3) is 3.67. The summed E-state index contributed by atoms with van der Waals surface area (Å²) in [7, 11) is 0. The monoisotopic (exact) mass is 217 g/mol. The van der Waals surface area contributed by atoms with E-state index in [0.29, 0.717) is 11.9 Å². The standard InChI is InChI=1S/C10H16ClNS/c1-9(2)12(6-5-11)8-10-4-3-7-13-10/h3-4,7,9H,5-6,8H2,1-2H3. The molecule has 1 rings (SSSR count). The van der Waals surface area contributed by atoms with Crippen molar-refractivity contribution in [2.45, 2.75) is 26.4 Å². The summed E-state index contributed by atoms with van der Waals surface area (Å²) in [6, 6.07) is 4.84. The highest BCUT2D eigenvalue weighted by Gasteiger charge is 2.09. The van der Waals surface area contributed by atoms with Crippen molar-refractivity contribution >= 4 is 22.9 Å². The van der Waals surface area contributed by atoms with E-state index in [4.69, 9.17) is 11.6 Å². The number of thiophene rings is 1. The Hall–Kier alpha value is -0.0500. The van der Waals surface area contributed by atoms with Gasteiger partial charge < -0.3 is 0 Å². The molecule has 0 fully saturated rings. The van der Waals surface area contributed by atoms with Gasteiger partial charge in [0.15, 0.2) is 0 Å². The molecule has 0 N–H and O–H groups in total. The van der Waals surface area contributed by atoms with Crippen LogP contribution in [0.25, 0.3) is 0 Å². The Morgan fingerprint density at radius 2 is 2.31 bits per heavy atom. The molecule has 0 aliphatic carbocycles. The summed E-state index contributed by atoms with van der Waals surface area (Å²) >= 11 is 7.55. The minimum absolute atomic E-state index is 0.570. The predicted molar refractivity (Wildman–Crippen MR) is 60.6 cm³/mol. The number of rotatable bonds is 5. The Labute approximate surface area is 89.3 Å². The van der Waals surface area contributed by atoms with Crippen LogP contribution in [-0.4, -0.2) is 23.4 Å². The molecule has 0 aliphatic rings. The Morgan fingerprint density at radius 1 is 1.54 bits per heavy atom. The zero-order chi connectivity index (χ0) is 9.68. The second-order valence-corrected chi connectivity index (χ2v) is 4.74. The second-order valence-electron chi connectivity index (χ2n) is 3.33. The normalized spacial score (nSPS) is 11.5. The van der Waals surface area contributed by atoms with Crippen LogP contribution in [0.5, 0.6) is 0 Å². The van der Waals surface area contributed by atoms with E-state index in [1.54, 1.807) is 0 Å². The molecule has 0 bridgehead atoms. The first-order valence-electron chi connectivity index (χ1n) is 4.56. The van der Waals surface area contributed by atoms with Gasteiger partial charge >= 0.3 is 0 Å². The zero-order valence-corrected chi connectivity index (χ0v) is 9.74. The van der Waals surface area contributed by atoms with Gasteiger partial charge in [-0.05, 0) is 25.3 Å². The van der Waals surface area contributed by atoms with Crippen LogP contribution in [0, 0.1) is 0 Å². The highest BCUT2D eigenvalue weighted by Crippen LogP contribution is 2.13. The highest BCUT2D eigenvalue weighted by molar-refractivity contribution is 7.09. The molecule has 3 heteroatoms. The molecule has 0 amide bonds. The molecule has 1 aromatic rings. The lowest BCUT2D eigenvalue weighted by Gasteiger charge is -2.24. The molecule has 0 spiro atoms. The van der Waals surface area contributed by atoms with Gasteiger partial charge in [-0.15, -0.1) is 22.9 Å². The molecule has 74 valence electrons. The number of hydrogen-bond acceptors (Lipinski definition) is 2. The number of alkyl halides is 1. The van der Waals surface area contributed by atoms with E-state index in [1.807, 2.05) is 11.3 Å². The van der Waals surface area contributed by atoms with Crippen molar-refractivity contribution in [1.29, 1.82) is 0 Å². The summed E-state index contributed by atoms with van der Waals surface area (Å²) in [6.45, 7) is 6.42. The van der Waals surface area contributed by atoms with E-state index in [0.717, 1.165) is 13.1 Å². The summed E-state index contributed by atoms with van der Waals surface area (Å²) in [5, 5.41) is 2.12. The van der Waals surface area contributed by atoms with Gasteiger partial charge in [0.05, 0.1) is 0 Å². The fourth-order valence-electron chi connectivity index (χ4n) is 1.23. The summed E-state index contributed by atoms with van der Waals surface area (Å²) in [6.07, 6.45) is 0. The number of hydrogen-bond donors (Lipinski definition) is 0. The first-order chi connectivity index (χ1) is 6.24. The van der Waals surface area contributed by atoms with Crippen LogP contribution < -0.4 is 0 Å². The van der Waals surface area contributed by atoms with Crippen LogP contribution in [-0.2, 0) is 6.54 Å². The van der Waals surface area contributed by atoms with Crippen molar-refractivity contribution in [3.63, 3.8) is 0 Å². The van der Waals surface area contributed by atoms with Gasteiger partial charge in [-0.2, -0.15) is 0 Å². The van der Waals surface area contributed by atoms with Crippen LogP contribution in [0.15, 0.2) is 17.5 Å². The van der Waals surface area contributed by atoms with Crippen LogP contribution in [0.2, 0.25) is 0 Å². The Bertz CT molecular complexity index is 221. The molecule has 0 atom stereocenters. The van der Waals surface area contributed by atoms with Crippen molar-refractivity contribution in [3.05, 3.63) is 22.4 Å². The molecule has 0 saturated carbocycles. The van der Waals surface area contributed by atoms with E-state index >= 15 is 0 Å². The summed E-state index contributed by atoms with van der Waals surface area (Å²) in [5.74, 6) is 0.712. The fraction of sp³-hybridized carbons (Fsp3) is 0.600. The Morgan fingerprint density at radius 3 is 2.77 bits per heavy atom. The lowest BCUT2D eigenvalue weighted by molar-refractivity contribution is 0.228. The average Bonchev–Trinajstić information content (AvgIpc) is 2.56. The van der Waals surface area contributed by atoms with E-state index < -0.39 is 0 Å². The van der Waals surface area contributed by atoms with Gasteiger partial charge in [0.1, 0.15) is 0 Å². The second kappa shape index (κ2) is 5.63. The molecule has 13 heavy (non-hydrogen) atoms. The van der Waals surface area contributed by atoms with Crippen molar-refractivity contribution in [2.24, 2.45) is 0 Å². The molecule has 0 radical (unpaired) electrons. The molecule has 0 aromatic carbocycles. The maximum absolute atomic E-state index is 5.74. The van der Waals surface area contributed by atoms with Gasteiger partial charge in [0.2, 0.25) is 0 Å².